The number of aromatic hydroxyl groups is 1. The lowest BCUT2D eigenvalue weighted by atomic mass is 10.1. The van der Waals surface area contributed by atoms with Crippen LogP contribution in [0.3, 0.4) is 0 Å². The molecular weight excluding hydrogens is 436 g/mol. The maximum atomic E-state index is 11.4. The van der Waals surface area contributed by atoms with E-state index in [-0.39, 0.29) is 38.2 Å². The summed E-state index contributed by atoms with van der Waals surface area (Å²) < 4.78 is 69.1. The molecule has 0 aliphatic heterocycles. The Bertz CT molecular complexity index is 1400. The Morgan fingerprint density at radius 2 is 1.50 bits per heavy atom. The second kappa shape index (κ2) is 7.65. The van der Waals surface area contributed by atoms with Crippen LogP contribution in [0, 0.1) is 6.92 Å². The third-order valence-electron chi connectivity index (χ3n) is 4.22. The van der Waals surface area contributed by atoms with E-state index in [4.69, 9.17) is 4.74 Å². The lowest BCUT2D eigenvalue weighted by Crippen LogP contribution is -2.01. The summed E-state index contributed by atoms with van der Waals surface area (Å²) in [5.41, 5.74) is 0.329. The summed E-state index contributed by atoms with van der Waals surface area (Å²) in [7, 11) is -7.58. The molecule has 0 spiro atoms. The summed E-state index contributed by atoms with van der Waals surface area (Å²) in [4.78, 5) is -0.661. The first-order valence-corrected chi connectivity index (χ1v) is 11.1. The molecular formula is C18H16N2O8S2. The number of rotatable bonds is 5. The van der Waals surface area contributed by atoms with Crippen molar-refractivity contribution >= 4 is 42.4 Å². The molecule has 0 radical (unpaired) electrons. The van der Waals surface area contributed by atoms with Gasteiger partial charge in [-0.05, 0) is 53.6 Å². The van der Waals surface area contributed by atoms with Crippen LogP contribution in [0.5, 0.6) is 11.5 Å². The SMILES string of the molecule is COc1cc(S(=O)(=O)O)c(C)cc1N=Nc1cc2cc(S(=O)(=O)O)ccc2cc1O. The molecule has 0 aliphatic rings. The highest BCUT2D eigenvalue weighted by Gasteiger charge is 2.17. The van der Waals surface area contributed by atoms with Crippen LogP contribution < -0.4 is 4.74 Å². The van der Waals surface area contributed by atoms with Crippen LogP contribution in [0.15, 0.2) is 62.5 Å². The lowest BCUT2D eigenvalue weighted by Gasteiger charge is -2.09. The molecule has 0 aliphatic carbocycles. The highest BCUT2D eigenvalue weighted by molar-refractivity contribution is 7.86. The Morgan fingerprint density at radius 3 is 2.10 bits per heavy atom. The first kappa shape index (κ1) is 21.6. The van der Waals surface area contributed by atoms with E-state index in [9.17, 15) is 31.0 Å². The van der Waals surface area contributed by atoms with E-state index in [2.05, 4.69) is 10.2 Å². The molecule has 3 rings (SSSR count). The van der Waals surface area contributed by atoms with E-state index < -0.39 is 20.2 Å². The van der Waals surface area contributed by atoms with Gasteiger partial charge in [-0.25, -0.2) is 0 Å². The van der Waals surface area contributed by atoms with E-state index in [1.54, 1.807) is 0 Å². The van der Waals surface area contributed by atoms with E-state index >= 15 is 0 Å². The summed E-state index contributed by atoms with van der Waals surface area (Å²) in [6, 6.07) is 8.98. The number of nitrogens with zero attached hydrogens (tertiary/aromatic N) is 2. The molecule has 10 nitrogen and oxygen atoms in total. The van der Waals surface area contributed by atoms with Crippen molar-refractivity contribution in [2.45, 2.75) is 16.7 Å². The van der Waals surface area contributed by atoms with Crippen LogP contribution in [0.1, 0.15) is 5.56 Å². The minimum atomic E-state index is -4.46. The molecule has 158 valence electrons. The second-order valence-corrected chi connectivity index (χ2v) is 9.10. The molecule has 0 heterocycles. The Kier molecular flexibility index (Phi) is 5.52. The molecule has 30 heavy (non-hydrogen) atoms. The molecule has 0 saturated carbocycles. The van der Waals surface area contributed by atoms with Gasteiger partial charge in [0.05, 0.1) is 12.0 Å². The van der Waals surface area contributed by atoms with Gasteiger partial charge < -0.3 is 9.84 Å². The minimum absolute atomic E-state index is 0.00597. The zero-order valence-electron chi connectivity index (χ0n) is 15.6. The number of methoxy groups -OCH3 is 1. The van der Waals surface area contributed by atoms with E-state index in [0.29, 0.717) is 10.8 Å². The van der Waals surface area contributed by atoms with Crippen LogP contribution >= 0.6 is 0 Å². The number of benzene rings is 3. The predicted molar refractivity (Wildman–Crippen MR) is 107 cm³/mol. The van der Waals surface area contributed by atoms with Crippen LogP contribution in [0.4, 0.5) is 11.4 Å². The average molecular weight is 452 g/mol. The number of fused-ring (bicyclic) bond motifs is 1. The van der Waals surface area contributed by atoms with Gasteiger partial charge >= 0.3 is 0 Å². The molecule has 3 N–H and O–H groups in total. The first-order chi connectivity index (χ1) is 13.9. The van der Waals surface area contributed by atoms with Gasteiger partial charge in [0.2, 0.25) is 0 Å². The van der Waals surface area contributed by atoms with Gasteiger partial charge in [-0.2, -0.15) is 16.8 Å². The number of hydrogen-bond donors (Lipinski definition) is 3. The molecule has 0 saturated heterocycles. The number of phenols is 1. The molecule has 0 fully saturated rings. The van der Waals surface area contributed by atoms with Crippen molar-refractivity contribution in [3.63, 3.8) is 0 Å². The number of hydrogen-bond acceptors (Lipinski definition) is 8. The molecule has 0 atom stereocenters. The van der Waals surface area contributed by atoms with Crippen molar-refractivity contribution in [2.75, 3.05) is 7.11 Å². The average Bonchev–Trinajstić information content (AvgIpc) is 2.64. The molecule has 12 heteroatoms. The van der Waals surface area contributed by atoms with Crippen LogP contribution in [-0.4, -0.2) is 38.2 Å². The minimum Gasteiger partial charge on any atom is -0.506 e. The number of azo groups is 1. The molecule has 3 aromatic rings. The predicted octanol–water partition coefficient (Wildman–Crippen LogP) is 3.77. The van der Waals surface area contributed by atoms with Gasteiger partial charge in [0, 0.05) is 6.07 Å². The summed E-state index contributed by atoms with van der Waals surface area (Å²) in [5, 5.41) is 19.0. The largest absolute Gasteiger partial charge is 0.506 e. The van der Waals surface area contributed by atoms with Crippen molar-refractivity contribution in [1.29, 1.82) is 0 Å². The summed E-state index contributed by atoms with van der Waals surface area (Å²) in [6.45, 7) is 1.45. The fourth-order valence-electron chi connectivity index (χ4n) is 2.77. The molecule has 0 amide bonds. The fraction of sp³-hybridized carbons (Fsp3) is 0.111. The standard InChI is InChI=1S/C18H16N2O8S2/c1-10-5-15(17(28-2)9-18(10)30(25,26)27)20-19-14-7-12-6-13(29(22,23)24)4-3-11(12)8-16(14)21/h3-9,21H,1-2H3,(H,22,23,24)(H,25,26,27). The zero-order valence-corrected chi connectivity index (χ0v) is 17.3. The van der Waals surface area contributed by atoms with Gasteiger partial charge in [0.25, 0.3) is 20.2 Å². The van der Waals surface area contributed by atoms with E-state index in [1.807, 2.05) is 0 Å². The number of aryl methyl sites for hydroxylation is 1. The summed E-state index contributed by atoms with van der Waals surface area (Å²) in [6.07, 6.45) is 0. The Labute approximate surface area is 172 Å². The molecule has 0 aromatic heterocycles. The van der Waals surface area contributed by atoms with Crippen molar-refractivity contribution in [3.8, 4) is 11.5 Å². The topological polar surface area (TPSA) is 163 Å². The van der Waals surface area contributed by atoms with Crippen molar-refractivity contribution < 1.29 is 35.8 Å². The highest BCUT2D eigenvalue weighted by Crippen LogP contribution is 2.37. The van der Waals surface area contributed by atoms with Gasteiger partial charge in [-0.15, -0.1) is 10.2 Å². The molecule has 0 unspecified atom stereocenters. The third kappa shape index (κ3) is 4.41. The smallest absolute Gasteiger partial charge is 0.294 e. The number of ether oxygens (including phenoxy) is 1. The fourth-order valence-corrected chi connectivity index (χ4v) is 4.01. The Hall–Kier alpha value is -3.06. The van der Waals surface area contributed by atoms with Crippen LogP contribution in [-0.2, 0) is 20.2 Å². The van der Waals surface area contributed by atoms with Crippen molar-refractivity contribution in [3.05, 3.63) is 48.0 Å². The Balaban J connectivity index is 2.09. The van der Waals surface area contributed by atoms with Gasteiger partial charge in [0.15, 0.2) is 0 Å². The lowest BCUT2D eigenvalue weighted by molar-refractivity contribution is 0.413. The third-order valence-corrected chi connectivity index (χ3v) is 6.07. The summed E-state index contributed by atoms with van der Waals surface area (Å²) in [5.74, 6) is -0.220. The highest BCUT2D eigenvalue weighted by atomic mass is 32.2. The monoisotopic (exact) mass is 452 g/mol. The molecule has 3 aromatic carbocycles. The zero-order chi connectivity index (χ0) is 22.3. The number of phenolic OH excluding ortho intramolecular Hbond substituents is 1. The second-order valence-electron chi connectivity index (χ2n) is 6.29. The van der Waals surface area contributed by atoms with E-state index in [0.717, 1.165) is 6.07 Å². The van der Waals surface area contributed by atoms with Gasteiger partial charge in [0.1, 0.15) is 27.8 Å². The van der Waals surface area contributed by atoms with Crippen LogP contribution in [0.2, 0.25) is 0 Å². The van der Waals surface area contributed by atoms with E-state index in [1.165, 1.54) is 50.4 Å². The summed E-state index contributed by atoms with van der Waals surface area (Å²) >= 11 is 0. The van der Waals surface area contributed by atoms with Crippen molar-refractivity contribution in [1.82, 2.24) is 0 Å². The van der Waals surface area contributed by atoms with Crippen molar-refractivity contribution in [2.24, 2.45) is 10.2 Å². The molecule has 0 bridgehead atoms. The Morgan fingerprint density at radius 1 is 0.833 bits per heavy atom. The van der Waals surface area contributed by atoms with Gasteiger partial charge in [-0.3, -0.25) is 9.11 Å². The van der Waals surface area contributed by atoms with Gasteiger partial charge in [-0.1, -0.05) is 6.07 Å². The first-order valence-electron chi connectivity index (χ1n) is 8.22. The van der Waals surface area contributed by atoms with Crippen LogP contribution in [0.25, 0.3) is 10.8 Å². The maximum Gasteiger partial charge on any atom is 0.294 e. The quantitative estimate of drug-likeness (QED) is 0.389. The normalized spacial score (nSPS) is 12.5. The maximum absolute atomic E-state index is 11.4.